The fourth-order valence-electron chi connectivity index (χ4n) is 3.46. The summed E-state index contributed by atoms with van der Waals surface area (Å²) in [5, 5.41) is 3.43. The zero-order valence-electron chi connectivity index (χ0n) is 17.3. The first-order valence-electron chi connectivity index (χ1n) is 9.83. The van der Waals surface area contributed by atoms with E-state index in [1.807, 2.05) is 36.1 Å². The number of carbonyl (C=O) groups excluding carboxylic acids is 1. The number of nitrogens with one attached hydrogen (secondary N) is 1. The molecule has 0 aromatic heterocycles. The van der Waals surface area contributed by atoms with Crippen LogP contribution in [0.15, 0.2) is 47.4 Å². The van der Waals surface area contributed by atoms with Gasteiger partial charge in [-0.3, -0.25) is 9.69 Å². The molecule has 1 heterocycles. The first-order chi connectivity index (χ1) is 14.7. The molecule has 1 atom stereocenters. The highest BCUT2D eigenvalue weighted by Gasteiger charge is 2.32. The molecule has 1 fully saturated rings. The second-order valence-corrected chi connectivity index (χ2v) is 9.97. The Morgan fingerprint density at radius 1 is 1.10 bits per heavy atom. The van der Waals surface area contributed by atoms with Crippen LogP contribution >= 0.6 is 23.2 Å². The van der Waals surface area contributed by atoms with Gasteiger partial charge in [-0.05, 0) is 31.2 Å². The zero-order chi connectivity index (χ0) is 22.6. The zero-order valence-corrected chi connectivity index (χ0v) is 19.7. The molecule has 168 valence electrons. The van der Waals surface area contributed by atoms with Crippen LogP contribution in [-0.4, -0.2) is 62.9 Å². The first-order valence-corrected chi connectivity index (χ1v) is 12.0. The van der Waals surface area contributed by atoms with Crippen LogP contribution in [-0.2, 0) is 21.4 Å². The molecule has 0 saturated carbocycles. The van der Waals surface area contributed by atoms with Crippen molar-refractivity contribution in [1.82, 2.24) is 14.5 Å². The van der Waals surface area contributed by atoms with Crippen molar-refractivity contribution in [3.05, 3.63) is 58.1 Å². The lowest BCUT2D eigenvalue weighted by molar-refractivity contribution is -0.126. The van der Waals surface area contributed by atoms with E-state index >= 15 is 0 Å². The number of para-hydroxylation sites is 1. The molecule has 1 N–H and O–H groups in total. The number of halogens is 2. The largest absolute Gasteiger partial charge is 0.496 e. The Labute approximate surface area is 192 Å². The summed E-state index contributed by atoms with van der Waals surface area (Å²) in [6.07, 6.45) is 0. The lowest BCUT2D eigenvalue weighted by Gasteiger charge is -2.36. The molecule has 2 aromatic carbocycles. The van der Waals surface area contributed by atoms with Gasteiger partial charge >= 0.3 is 0 Å². The van der Waals surface area contributed by atoms with Crippen LogP contribution in [0.25, 0.3) is 0 Å². The van der Waals surface area contributed by atoms with Crippen LogP contribution in [0.4, 0.5) is 0 Å². The van der Waals surface area contributed by atoms with E-state index < -0.39 is 10.0 Å². The van der Waals surface area contributed by atoms with Gasteiger partial charge in [0.2, 0.25) is 15.9 Å². The summed E-state index contributed by atoms with van der Waals surface area (Å²) in [5.74, 6) is 0.600. The Hall–Kier alpha value is -1.84. The molecule has 31 heavy (non-hydrogen) atoms. The number of ether oxygens (including phenoxy) is 1. The first kappa shape index (κ1) is 23.8. The summed E-state index contributed by atoms with van der Waals surface area (Å²) in [4.78, 5) is 14.7. The maximum Gasteiger partial charge on any atom is 0.243 e. The van der Waals surface area contributed by atoms with Crippen LogP contribution in [0.2, 0.25) is 10.0 Å². The number of rotatable bonds is 7. The van der Waals surface area contributed by atoms with Gasteiger partial charge in [0, 0.05) is 38.3 Å². The van der Waals surface area contributed by atoms with Gasteiger partial charge in [0.15, 0.2) is 0 Å². The summed E-state index contributed by atoms with van der Waals surface area (Å²) in [7, 11) is -2.08. The molecule has 1 aliphatic heterocycles. The quantitative estimate of drug-likeness (QED) is 0.651. The van der Waals surface area contributed by atoms with Crippen molar-refractivity contribution < 1.29 is 17.9 Å². The normalized spacial score (nSPS) is 16.6. The molecule has 2 aromatic rings. The van der Waals surface area contributed by atoms with E-state index in [9.17, 15) is 13.2 Å². The van der Waals surface area contributed by atoms with Gasteiger partial charge in [0.25, 0.3) is 0 Å². The Morgan fingerprint density at radius 2 is 1.77 bits per heavy atom. The van der Waals surface area contributed by atoms with Crippen LogP contribution < -0.4 is 10.1 Å². The molecule has 0 spiro atoms. The summed E-state index contributed by atoms with van der Waals surface area (Å²) >= 11 is 11.9. The number of methoxy groups -OCH3 is 1. The van der Waals surface area contributed by atoms with Gasteiger partial charge in [-0.1, -0.05) is 41.4 Å². The monoisotopic (exact) mass is 485 g/mol. The van der Waals surface area contributed by atoms with Crippen LogP contribution in [0.1, 0.15) is 12.5 Å². The number of nitrogens with zero attached hydrogens (tertiary/aromatic N) is 2. The van der Waals surface area contributed by atoms with Crippen molar-refractivity contribution in [2.24, 2.45) is 0 Å². The Bertz CT molecular complexity index is 1040. The number of hydrogen-bond donors (Lipinski definition) is 1. The molecule has 0 aliphatic carbocycles. The van der Waals surface area contributed by atoms with E-state index in [0.29, 0.717) is 24.7 Å². The van der Waals surface area contributed by atoms with E-state index in [0.717, 1.165) is 11.3 Å². The van der Waals surface area contributed by atoms with E-state index in [2.05, 4.69) is 5.32 Å². The third-order valence-corrected chi connectivity index (χ3v) is 8.01. The van der Waals surface area contributed by atoms with Crippen molar-refractivity contribution in [3.63, 3.8) is 0 Å². The third kappa shape index (κ3) is 5.51. The Kier molecular flexibility index (Phi) is 7.82. The molecule has 10 heteroatoms. The van der Waals surface area contributed by atoms with E-state index in [-0.39, 0.29) is 35.0 Å². The highest BCUT2D eigenvalue weighted by atomic mass is 35.5. The molecule has 1 saturated heterocycles. The minimum atomic E-state index is -3.68. The van der Waals surface area contributed by atoms with Crippen LogP contribution in [0, 0.1) is 0 Å². The number of piperazine rings is 1. The predicted molar refractivity (Wildman–Crippen MR) is 121 cm³/mol. The molecule has 1 unspecified atom stereocenters. The van der Waals surface area contributed by atoms with E-state index in [1.54, 1.807) is 7.11 Å². The smallest absolute Gasteiger partial charge is 0.243 e. The molecule has 3 rings (SSSR count). The minimum absolute atomic E-state index is 0.109. The lowest BCUT2D eigenvalue weighted by atomic mass is 10.2. The molecule has 0 radical (unpaired) electrons. The van der Waals surface area contributed by atoms with Crippen molar-refractivity contribution >= 4 is 39.1 Å². The fraction of sp³-hybridized carbons (Fsp3) is 0.381. The van der Waals surface area contributed by atoms with Gasteiger partial charge in [-0.15, -0.1) is 0 Å². The van der Waals surface area contributed by atoms with E-state index in [4.69, 9.17) is 27.9 Å². The van der Waals surface area contributed by atoms with Gasteiger partial charge in [0.05, 0.1) is 28.1 Å². The molecule has 7 nitrogen and oxygen atoms in total. The summed E-state index contributed by atoms with van der Waals surface area (Å²) in [6, 6.07) is 11.4. The Morgan fingerprint density at radius 3 is 2.42 bits per heavy atom. The molecule has 1 amide bonds. The van der Waals surface area contributed by atoms with Crippen LogP contribution in [0.3, 0.4) is 0 Å². The van der Waals surface area contributed by atoms with Crippen molar-refractivity contribution in [3.8, 4) is 5.75 Å². The van der Waals surface area contributed by atoms with Crippen molar-refractivity contribution in [2.45, 2.75) is 24.4 Å². The molecular weight excluding hydrogens is 461 g/mol. The average Bonchev–Trinajstić information content (AvgIpc) is 2.78. The number of sulfonamides is 1. The molecule has 1 aliphatic rings. The SMILES string of the molecule is COc1ccccc1CNC(=O)C(C)N1CCN(S(=O)(=O)c2ccc(Cl)c(Cl)c2)CC1. The maximum atomic E-state index is 12.9. The predicted octanol–water partition coefficient (Wildman–Crippen LogP) is 3.01. The summed E-state index contributed by atoms with van der Waals surface area (Å²) in [6.45, 7) is 3.65. The summed E-state index contributed by atoms with van der Waals surface area (Å²) < 4.78 is 32.5. The van der Waals surface area contributed by atoms with Gasteiger partial charge in [-0.25, -0.2) is 8.42 Å². The van der Waals surface area contributed by atoms with Gasteiger partial charge in [0.1, 0.15) is 5.75 Å². The molecular formula is C21H25Cl2N3O4S. The fourth-order valence-corrected chi connectivity index (χ4v) is 5.27. The average molecular weight is 486 g/mol. The van der Waals surface area contributed by atoms with E-state index in [1.165, 1.54) is 22.5 Å². The maximum absolute atomic E-state index is 12.9. The third-order valence-electron chi connectivity index (χ3n) is 5.37. The summed E-state index contributed by atoms with van der Waals surface area (Å²) in [5.41, 5.74) is 0.892. The second-order valence-electron chi connectivity index (χ2n) is 7.22. The van der Waals surface area contributed by atoms with Gasteiger partial charge < -0.3 is 10.1 Å². The number of carbonyl (C=O) groups is 1. The number of hydrogen-bond acceptors (Lipinski definition) is 5. The standard InChI is InChI=1S/C21H25Cl2N3O4S/c1-15(21(27)24-14-16-5-3-4-6-20(16)30-2)25-9-11-26(12-10-25)31(28,29)17-7-8-18(22)19(23)13-17/h3-8,13,15H,9-12,14H2,1-2H3,(H,24,27). The highest BCUT2D eigenvalue weighted by molar-refractivity contribution is 7.89. The lowest BCUT2D eigenvalue weighted by Crippen LogP contribution is -2.54. The minimum Gasteiger partial charge on any atom is -0.496 e. The molecule has 0 bridgehead atoms. The van der Waals surface area contributed by atoms with Crippen molar-refractivity contribution in [2.75, 3.05) is 33.3 Å². The topological polar surface area (TPSA) is 79.0 Å². The Balaban J connectivity index is 1.57. The number of benzene rings is 2. The van der Waals surface area contributed by atoms with Crippen molar-refractivity contribution in [1.29, 1.82) is 0 Å². The van der Waals surface area contributed by atoms with Gasteiger partial charge in [-0.2, -0.15) is 4.31 Å². The van der Waals surface area contributed by atoms with Crippen LogP contribution in [0.5, 0.6) is 5.75 Å². The second kappa shape index (κ2) is 10.2. The highest BCUT2D eigenvalue weighted by Crippen LogP contribution is 2.27. The number of amides is 1.